The number of nitrogens with two attached hydrogens (primary N) is 1. The van der Waals surface area contributed by atoms with E-state index in [0.29, 0.717) is 23.9 Å². The molecule has 3 aromatic carbocycles. The fraction of sp³-hybridized carbons (Fsp3) is 0.206. The minimum Gasteiger partial charge on any atom is -0.491 e. The maximum Gasteiger partial charge on any atom is 0.272 e. The molecule has 4 heterocycles. The largest absolute Gasteiger partial charge is 0.491 e. The Morgan fingerprint density at radius 1 is 0.909 bits per heavy atom. The number of ether oxygens (including phenoxy) is 1. The van der Waals surface area contributed by atoms with Gasteiger partial charge in [0.1, 0.15) is 17.0 Å². The number of fused-ring (bicyclic) bond motifs is 1. The lowest BCUT2D eigenvalue weighted by Crippen LogP contribution is -2.55. The summed E-state index contributed by atoms with van der Waals surface area (Å²) in [6.45, 7) is 4.99. The summed E-state index contributed by atoms with van der Waals surface area (Å²) >= 11 is 0. The molecule has 0 saturated carbocycles. The molecule has 1 saturated heterocycles. The van der Waals surface area contributed by atoms with E-state index in [-0.39, 0.29) is 11.8 Å². The van der Waals surface area contributed by atoms with Crippen LogP contribution in [0.25, 0.3) is 39.5 Å². The topological polar surface area (TPSA) is 119 Å². The molecule has 10 heteroatoms. The Labute approximate surface area is 253 Å². The van der Waals surface area contributed by atoms with Crippen molar-refractivity contribution >= 4 is 22.7 Å². The van der Waals surface area contributed by atoms with Crippen molar-refractivity contribution in [2.45, 2.75) is 19.5 Å². The number of nitrogens with zero attached hydrogens (tertiary/aromatic N) is 6. The average Bonchev–Trinajstić information content (AvgIpc) is 3.43. The van der Waals surface area contributed by atoms with Crippen LogP contribution < -0.4 is 26.2 Å². The summed E-state index contributed by atoms with van der Waals surface area (Å²) in [5, 5.41) is 0. The molecular weight excluding hydrogens is 554 g/mol. The molecule has 0 spiro atoms. The van der Waals surface area contributed by atoms with Crippen molar-refractivity contribution in [1.29, 1.82) is 0 Å². The van der Waals surface area contributed by atoms with Crippen LogP contribution in [-0.2, 0) is 6.54 Å². The van der Waals surface area contributed by atoms with E-state index in [9.17, 15) is 9.59 Å². The van der Waals surface area contributed by atoms with Crippen LogP contribution in [0.3, 0.4) is 0 Å². The van der Waals surface area contributed by atoms with E-state index < -0.39 is 10.9 Å². The van der Waals surface area contributed by atoms with Gasteiger partial charge in [-0.1, -0.05) is 42.5 Å². The van der Waals surface area contributed by atoms with Crippen LogP contribution in [0.2, 0.25) is 0 Å². The summed E-state index contributed by atoms with van der Waals surface area (Å²) in [6, 6.07) is 26.3. The zero-order chi connectivity index (χ0) is 30.4. The number of benzene rings is 2. The summed E-state index contributed by atoms with van der Waals surface area (Å²) in [5.41, 5.74) is 11.9. The molecule has 10 nitrogen and oxygen atoms in total. The highest BCUT2D eigenvalue weighted by Gasteiger charge is 2.33. The lowest BCUT2D eigenvalue weighted by molar-refractivity contribution is 0.219. The molecule has 6 aromatic rings. The number of pyridine rings is 2. The van der Waals surface area contributed by atoms with Crippen molar-refractivity contribution in [2.75, 3.05) is 37.4 Å². The zero-order valence-electron chi connectivity index (χ0n) is 24.5. The lowest BCUT2D eigenvalue weighted by Gasteiger charge is -2.41. The number of methoxy groups -OCH3 is 1. The monoisotopic (exact) mass is 585 g/mol. The molecule has 0 unspecified atom stereocenters. The standard InChI is InChI=1S/C34H31N7O3/c1-21-19-39(17-18-40(21)28-29(42)30(43)31(28)44-2)20-22-10-12-24(13-11-22)41-33(25-9-6-16-36-32(25)35)38-27-15-14-26(37-34(27)41)23-7-4-3-5-8-23/h3-16,21H,17-20H2,1-2H3,(H2,35,36)/t21-/m1/s1. The molecule has 0 bridgehead atoms. The molecule has 0 radical (unpaired) electrons. The Kier molecular flexibility index (Phi) is 6.90. The molecule has 3 aromatic heterocycles. The van der Waals surface area contributed by atoms with Crippen molar-refractivity contribution in [3.63, 3.8) is 0 Å². The number of piperazine rings is 1. The number of rotatable bonds is 7. The third-order valence-corrected chi connectivity index (χ3v) is 8.30. The fourth-order valence-corrected chi connectivity index (χ4v) is 6.09. The number of imidazole rings is 1. The fourth-order valence-electron chi connectivity index (χ4n) is 6.09. The summed E-state index contributed by atoms with van der Waals surface area (Å²) in [6.07, 6.45) is 1.67. The van der Waals surface area contributed by atoms with Crippen molar-refractivity contribution in [3.05, 3.63) is 111 Å². The second-order valence-electron chi connectivity index (χ2n) is 11.1. The third-order valence-electron chi connectivity index (χ3n) is 8.30. The van der Waals surface area contributed by atoms with Gasteiger partial charge < -0.3 is 15.4 Å². The van der Waals surface area contributed by atoms with Gasteiger partial charge in [-0.05, 0) is 48.9 Å². The first-order valence-corrected chi connectivity index (χ1v) is 14.5. The summed E-state index contributed by atoms with van der Waals surface area (Å²) in [5.74, 6) is 1.25. The van der Waals surface area contributed by atoms with Crippen LogP contribution in [0, 0.1) is 0 Å². The maximum atomic E-state index is 12.2. The first-order valence-electron chi connectivity index (χ1n) is 14.5. The summed E-state index contributed by atoms with van der Waals surface area (Å²) < 4.78 is 7.22. The van der Waals surface area contributed by atoms with Gasteiger partial charge in [0.2, 0.25) is 0 Å². The lowest BCUT2D eigenvalue weighted by atomic mass is 10.1. The third kappa shape index (κ3) is 4.69. The quantitative estimate of drug-likeness (QED) is 0.277. The smallest absolute Gasteiger partial charge is 0.272 e. The van der Waals surface area contributed by atoms with Gasteiger partial charge in [0.15, 0.2) is 17.2 Å². The van der Waals surface area contributed by atoms with Gasteiger partial charge in [0.05, 0.1) is 18.4 Å². The van der Waals surface area contributed by atoms with Crippen LogP contribution in [0.15, 0.2) is 94.6 Å². The van der Waals surface area contributed by atoms with Gasteiger partial charge in [-0.25, -0.2) is 15.0 Å². The Morgan fingerprint density at radius 3 is 2.43 bits per heavy atom. The molecule has 0 aliphatic carbocycles. The van der Waals surface area contributed by atoms with E-state index in [0.717, 1.165) is 58.9 Å². The normalized spacial score (nSPS) is 15.7. The average molecular weight is 586 g/mol. The maximum absolute atomic E-state index is 12.2. The Balaban J connectivity index is 1.18. The van der Waals surface area contributed by atoms with E-state index in [2.05, 4.69) is 41.1 Å². The zero-order valence-corrected chi connectivity index (χ0v) is 24.5. The number of anilines is 2. The van der Waals surface area contributed by atoms with Crippen LogP contribution >= 0.6 is 0 Å². The Hall–Kier alpha value is -5.35. The highest BCUT2D eigenvalue weighted by atomic mass is 16.5. The molecular formula is C34H31N7O3. The first kappa shape index (κ1) is 27.5. The van der Waals surface area contributed by atoms with Crippen molar-refractivity contribution < 1.29 is 4.74 Å². The van der Waals surface area contributed by atoms with Gasteiger partial charge in [0.25, 0.3) is 10.9 Å². The number of hydrogen-bond acceptors (Lipinski definition) is 9. The SMILES string of the molecule is COc1c(N2CCN(Cc3ccc(-n4c(-c5cccnc5N)nc5ccc(-c6ccccc6)nc54)cc3)C[C@H]2C)c(=O)c1=O. The molecule has 0 amide bonds. The van der Waals surface area contributed by atoms with Gasteiger partial charge >= 0.3 is 0 Å². The summed E-state index contributed by atoms with van der Waals surface area (Å²) in [7, 11) is 1.43. The van der Waals surface area contributed by atoms with Crippen LogP contribution in [-0.4, -0.2) is 57.2 Å². The van der Waals surface area contributed by atoms with Crippen LogP contribution in [0.1, 0.15) is 12.5 Å². The first-order chi connectivity index (χ1) is 21.4. The predicted octanol–water partition coefficient (Wildman–Crippen LogP) is 4.05. The number of aromatic nitrogens is 4. The van der Waals surface area contributed by atoms with Gasteiger partial charge in [-0.2, -0.15) is 0 Å². The summed E-state index contributed by atoms with van der Waals surface area (Å²) in [4.78, 5) is 42.7. The molecule has 1 fully saturated rings. The van der Waals surface area contributed by atoms with Crippen LogP contribution in [0.5, 0.6) is 5.75 Å². The molecule has 1 atom stereocenters. The highest BCUT2D eigenvalue weighted by molar-refractivity contribution is 5.84. The molecule has 220 valence electrons. The van der Waals surface area contributed by atoms with E-state index in [1.807, 2.05) is 64.1 Å². The second kappa shape index (κ2) is 11.1. The molecule has 1 aliphatic rings. The predicted molar refractivity (Wildman–Crippen MR) is 172 cm³/mol. The Bertz CT molecular complexity index is 2050. The van der Waals surface area contributed by atoms with Crippen molar-refractivity contribution in [1.82, 2.24) is 24.4 Å². The minimum absolute atomic E-state index is 0.0647. The van der Waals surface area contributed by atoms with Gasteiger partial charge in [-0.15, -0.1) is 0 Å². The number of hydrogen-bond donors (Lipinski definition) is 1. The molecule has 44 heavy (non-hydrogen) atoms. The van der Waals surface area contributed by atoms with Crippen LogP contribution in [0.4, 0.5) is 11.5 Å². The van der Waals surface area contributed by atoms with Gasteiger partial charge in [0, 0.05) is 49.7 Å². The van der Waals surface area contributed by atoms with E-state index in [1.54, 1.807) is 6.20 Å². The van der Waals surface area contributed by atoms with Crippen molar-refractivity contribution in [2.24, 2.45) is 0 Å². The van der Waals surface area contributed by atoms with E-state index >= 15 is 0 Å². The molecule has 1 aliphatic heterocycles. The van der Waals surface area contributed by atoms with Gasteiger partial charge in [-0.3, -0.25) is 19.1 Å². The number of nitrogen functional groups attached to an aromatic ring is 1. The molecule has 2 N–H and O–H groups in total. The molecule has 7 rings (SSSR count). The highest BCUT2D eigenvalue weighted by Crippen LogP contribution is 2.32. The second-order valence-corrected chi connectivity index (χ2v) is 11.1. The van der Waals surface area contributed by atoms with Crippen molar-refractivity contribution in [3.8, 4) is 34.1 Å². The minimum atomic E-state index is -0.538. The van der Waals surface area contributed by atoms with E-state index in [1.165, 1.54) is 7.11 Å². The Morgan fingerprint density at radius 2 is 1.70 bits per heavy atom. The van der Waals surface area contributed by atoms with E-state index in [4.69, 9.17) is 20.4 Å².